The van der Waals surface area contributed by atoms with Crippen molar-refractivity contribution in [2.24, 2.45) is 0 Å². The van der Waals surface area contributed by atoms with Gasteiger partial charge in [0.05, 0.1) is 24.8 Å². The summed E-state index contributed by atoms with van der Waals surface area (Å²) in [4.78, 5) is 32.4. The lowest BCUT2D eigenvalue weighted by molar-refractivity contribution is -0.115. The summed E-state index contributed by atoms with van der Waals surface area (Å²) in [6, 6.07) is 8.79. The van der Waals surface area contributed by atoms with E-state index in [1.54, 1.807) is 30.6 Å². The number of hydrogen-bond acceptors (Lipinski definition) is 6. The van der Waals surface area contributed by atoms with E-state index in [2.05, 4.69) is 15.3 Å². The van der Waals surface area contributed by atoms with Crippen LogP contribution < -0.4 is 5.32 Å². The van der Waals surface area contributed by atoms with Crippen LogP contribution in [0.3, 0.4) is 0 Å². The van der Waals surface area contributed by atoms with E-state index in [0.717, 1.165) is 16.1 Å². The maximum absolute atomic E-state index is 12.3. The summed E-state index contributed by atoms with van der Waals surface area (Å²) in [5.41, 5.74) is 3.53. The van der Waals surface area contributed by atoms with Gasteiger partial charge in [0.1, 0.15) is 5.01 Å². The topological polar surface area (TPSA) is 81.2 Å². The minimum absolute atomic E-state index is 0.165. The molecule has 3 aromatic rings. The monoisotopic (exact) mass is 367 g/mol. The highest BCUT2D eigenvalue weighted by atomic mass is 32.1. The number of amides is 1. The first-order chi connectivity index (χ1) is 12.6. The Morgan fingerprint density at radius 1 is 1.27 bits per heavy atom. The molecule has 0 saturated carbocycles. The number of aryl methyl sites for hydroxylation is 1. The Balaban J connectivity index is 1.66. The van der Waals surface area contributed by atoms with Crippen LogP contribution in [0.5, 0.6) is 0 Å². The van der Waals surface area contributed by atoms with Gasteiger partial charge < -0.3 is 10.1 Å². The molecule has 26 heavy (non-hydrogen) atoms. The number of pyridine rings is 1. The lowest BCUT2D eigenvalue weighted by atomic mass is 10.1. The third-order valence-corrected chi connectivity index (χ3v) is 4.66. The Labute approximate surface area is 154 Å². The van der Waals surface area contributed by atoms with Gasteiger partial charge in [-0.15, -0.1) is 11.3 Å². The highest BCUT2D eigenvalue weighted by Gasteiger charge is 2.12. The van der Waals surface area contributed by atoms with Gasteiger partial charge in [0.2, 0.25) is 5.91 Å². The van der Waals surface area contributed by atoms with Crippen molar-refractivity contribution in [1.29, 1.82) is 0 Å². The van der Waals surface area contributed by atoms with E-state index < -0.39 is 5.97 Å². The number of nitrogens with zero attached hydrogens (tertiary/aromatic N) is 2. The first-order valence-corrected chi connectivity index (χ1v) is 8.78. The summed E-state index contributed by atoms with van der Waals surface area (Å²) in [6.45, 7) is 1.82. The molecule has 0 spiro atoms. The van der Waals surface area contributed by atoms with E-state index in [0.29, 0.717) is 16.9 Å². The third-order valence-electron chi connectivity index (χ3n) is 3.72. The number of methoxy groups -OCH3 is 1. The van der Waals surface area contributed by atoms with Gasteiger partial charge in [-0.25, -0.2) is 9.78 Å². The number of carbonyl (C=O) groups is 2. The second-order valence-corrected chi connectivity index (χ2v) is 6.49. The lowest BCUT2D eigenvalue weighted by Gasteiger charge is -2.09. The first-order valence-electron chi connectivity index (χ1n) is 7.90. The number of aromatic nitrogens is 2. The van der Waals surface area contributed by atoms with Gasteiger partial charge in [-0.3, -0.25) is 9.78 Å². The maximum Gasteiger partial charge on any atom is 0.337 e. The van der Waals surface area contributed by atoms with Crippen molar-refractivity contribution in [2.75, 3.05) is 12.4 Å². The molecule has 6 nitrogen and oxygen atoms in total. The van der Waals surface area contributed by atoms with Gasteiger partial charge in [-0.05, 0) is 42.8 Å². The normalized spacial score (nSPS) is 10.4. The van der Waals surface area contributed by atoms with Crippen molar-refractivity contribution in [3.63, 3.8) is 0 Å². The summed E-state index contributed by atoms with van der Waals surface area (Å²) in [6.07, 6.45) is 3.63. The van der Waals surface area contributed by atoms with Crippen LogP contribution in [0.1, 0.15) is 21.6 Å². The molecular formula is C19H17N3O3S. The van der Waals surface area contributed by atoms with E-state index in [1.807, 2.05) is 24.4 Å². The number of esters is 1. The molecule has 0 saturated heterocycles. The summed E-state index contributed by atoms with van der Waals surface area (Å²) in [5.74, 6) is -0.571. The zero-order valence-corrected chi connectivity index (χ0v) is 15.2. The van der Waals surface area contributed by atoms with Crippen molar-refractivity contribution in [3.05, 3.63) is 64.9 Å². The van der Waals surface area contributed by atoms with Gasteiger partial charge in [0.15, 0.2) is 0 Å². The van der Waals surface area contributed by atoms with Gasteiger partial charge in [0.25, 0.3) is 0 Å². The number of anilines is 1. The molecule has 1 N–H and O–H groups in total. The molecule has 7 heteroatoms. The van der Waals surface area contributed by atoms with Crippen molar-refractivity contribution < 1.29 is 14.3 Å². The maximum atomic E-state index is 12.3. The van der Waals surface area contributed by atoms with Crippen LogP contribution in [-0.4, -0.2) is 29.0 Å². The molecule has 3 rings (SSSR count). The largest absolute Gasteiger partial charge is 0.465 e. The fraction of sp³-hybridized carbons (Fsp3) is 0.158. The van der Waals surface area contributed by atoms with Crippen LogP contribution >= 0.6 is 11.3 Å². The molecule has 1 amide bonds. The Hall–Kier alpha value is -3.06. The number of carbonyl (C=O) groups excluding carboxylic acids is 2. The molecule has 0 fully saturated rings. The summed E-state index contributed by atoms with van der Waals surface area (Å²) in [5, 5.41) is 5.56. The molecule has 132 valence electrons. The fourth-order valence-electron chi connectivity index (χ4n) is 2.42. The van der Waals surface area contributed by atoms with Gasteiger partial charge >= 0.3 is 5.97 Å². The van der Waals surface area contributed by atoms with Gasteiger partial charge in [-0.2, -0.15) is 0 Å². The van der Waals surface area contributed by atoms with Gasteiger partial charge in [-0.1, -0.05) is 0 Å². The molecule has 0 aliphatic heterocycles. The Morgan fingerprint density at radius 3 is 2.81 bits per heavy atom. The summed E-state index contributed by atoms with van der Waals surface area (Å²) in [7, 11) is 1.33. The highest BCUT2D eigenvalue weighted by Crippen LogP contribution is 2.23. The first kappa shape index (κ1) is 17.8. The highest BCUT2D eigenvalue weighted by molar-refractivity contribution is 7.13. The van der Waals surface area contributed by atoms with Gasteiger partial charge in [0, 0.05) is 29.0 Å². The van der Waals surface area contributed by atoms with E-state index in [9.17, 15) is 9.59 Å². The van der Waals surface area contributed by atoms with Crippen LogP contribution in [0.25, 0.3) is 10.6 Å². The molecule has 0 unspecified atom stereocenters. The Morgan fingerprint density at radius 2 is 2.12 bits per heavy atom. The zero-order valence-electron chi connectivity index (χ0n) is 14.4. The van der Waals surface area contributed by atoms with E-state index in [1.165, 1.54) is 18.4 Å². The smallest absolute Gasteiger partial charge is 0.337 e. The summed E-state index contributed by atoms with van der Waals surface area (Å²) >= 11 is 1.48. The average Bonchev–Trinajstić information content (AvgIpc) is 3.11. The number of hydrogen-bond donors (Lipinski definition) is 1. The quantitative estimate of drug-likeness (QED) is 0.698. The molecule has 0 bridgehead atoms. The minimum Gasteiger partial charge on any atom is -0.465 e. The molecule has 0 radical (unpaired) electrons. The summed E-state index contributed by atoms with van der Waals surface area (Å²) < 4.78 is 4.69. The zero-order chi connectivity index (χ0) is 18.5. The predicted octanol–water partition coefficient (Wildman–Crippen LogP) is 3.48. The molecule has 2 aromatic heterocycles. The third kappa shape index (κ3) is 4.12. The standard InChI is InChI=1S/C19H17N3O3S/c1-12-8-13(19(24)25-2)5-6-16(12)22-17(23)9-15-11-26-18(21-15)14-4-3-7-20-10-14/h3-8,10-11H,9H2,1-2H3,(H,22,23). The number of thiazole rings is 1. The Kier molecular flexibility index (Phi) is 5.38. The fourth-order valence-corrected chi connectivity index (χ4v) is 3.23. The van der Waals surface area contributed by atoms with Crippen molar-refractivity contribution in [3.8, 4) is 10.6 Å². The number of benzene rings is 1. The van der Waals surface area contributed by atoms with Crippen molar-refractivity contribution in [2.45, 2.75) is 13.3 Å². The number of rotatable bonds is 5. The van der Waals surface area contributed by atoms with Crippen molar-refractivity contribution in [1.82, 2.24) is 9.97 Å². The average molecular weight is 367 g/mol. The molecule has 0 aliphatic carbocycles. The molecule has 2 heterocycles. The second kappa shape index (κ2) is 7.88. The number of ether oxygens (including phenoxy) is 1. The number of nitrogens with one attached hydrogen (secondary N) is 1. The molecule has 0 atom stereocenters. The molecular weight excluding hydrogens is 350 g/mol. The van der Waals surface area contributed by atoms with Crippen LogP contribution in [0.4, 0.5) is 5.69 Å². The second-order valence-electron chi connectivity index (χ2n) is 5.63. The van der Waals surface area contributed by atoms with Crippen LogP contribution in [0.15, 0.2) is 48.1 Å². The van der Waals surface area contributed by atoms with E-state index >= 15 is 0 Å². The van der Waals surface area contributed by atoms with E-state index in [-0.39, 0.29) is 12.3 Å². The lowest BCUT2D eigenvalue weighted by Crippen LogP contribution is -2.15. The van der Waals surface area contributed by atoms with Crippen molar-refractivity contribution >= 4 is 28.9 Å². The van der Waals surface area contributed by atoms with Crippen LogP contribution in [0, 0.1) is 6.92 Å². The minimum atomic E-state index is -0.406. The SMILES string of the molecule is COC(=O)c1ccc(NC(=O)Cc2csc(-c3cccnc3)n2)c(C)c1. The Bertz CT molecular complexity index is 938. The van der Waals surface area contributed by atoms with E-state index in [4.69, 9.17) is 4.74 Å². The predicted molar refractivity (Wildman–Crippen MR) is 100 cm³/mol. The molecule has 1 aromatic carbocycles. The van der Waals surface area contributed by atoms with Crippen LogP contribution in [-0.2, 0) is 16.0 Å². The van der Waals surface area contributed by atoms with Crippen LogP contribution in [0.2, 0.25) is 0 Å². The molecule has 0 aliphatic rings.